The Bertz CT molecular complexity index is 562. The van der Waals surface area contributed by atoms with E-state index in [0.717, 1.165) is 0 Å². The Hall–Kier alpha value is -2.15. The van der Waals surface area contributed by atoms with Gasteiger partial charge in [0.05, 0.1) is 19.8 Å². The third kappa shape index (κ3) is 3.41. The van der Waals surface area contributed by atoms with E-state index in [9.17, 15) is 9.59 Å². The van der Waals surface area contributed by atoms with Crippen LogP contribution in [0.3, 0.4) is 0 Å². The summed E-state index contributed by atoms with van der Waals surface area (Å²) < 4.78 is 9.67. The molecule has 0 saturated carbocycles. The Morgan fingerprint density at radius 2 is 2.37 bits per heavy atom. The molecule has 0 aliphatic heterocycles. The molecule has 2 rings (SSSR count). The predicted molar refractivity (Wildman–Crippen MR) is 68.8 cm³/mol. The number of carbonyl (C=O) groups is 2. The van der Waals surface area contributed by atoms with Crippen LogP contribution in [0.4, 0.5) is 0 Å². The van der Waals surface area contributed by atoms with Gasteiger partial charge >= 0.3 is 5.97 Å². The highest BCUT2D eigenvalue weighted by atomic mass is 32.1. The Morgan fingerprint density at radius 3 is 3.05 bits per heavy atom. The van der Waals surface area contributed by atoms with Crippen LogP contribution in [-0.2, 0) is 9.53 Å². The quantitative estimate of drug-likeness (QED) is 0.843. The van der Waals surface area contributed by atoms with Gasteiger partial charge in [0.1, 0.15) is 5.69 Å². The number of nitrogens with zero attached hydrogens (tertiary/aromatic N) is 1. The fourth-order valence-corrected chi connectivity index (χ4v) is 2.13. The minimum Gasteiger partial charge on any atom is -0.469 e. The van der Waals surface area contributed by atoms with Crippen molar-refractivity contribution < 1.29 is 18.7 Å². The van der Waals surface area contributed by atoms with E-state index in [1.807, 2.05) is 0 Å². The number of furan rings is 1. The molecule has 2 aromatic rings. The van der Waals surface area contributed by atoms with E-state index in [4.69, 9.17) is 4.42 Å². The third-order valence-corrected chi connectivity index (χ3v) is 3.17. The highest BCUT2D eigenvalue weighted by Gasteiger charge is 2.13. The number of nitrogens with one attached hydrogen (secondary N) is 1. The summed E-state index contributed by atoms with van der Waals surface area (Å²) in [6, 6.07) is 3.53. The smallest absolute Gasteiger partial charge is 0.307 e. The minimum absolute atomic E-state index is 0.136. The summed E-state index contributed by atoms with van der Waals surface area (Å²) in [5.41, 5.74) is 0.307. The van der Waals surface area contributed by atoms with Crippen molar-refractivity contribution in [3.63, 3.8) is 0 Å². The monoisotopic (exact) mass is 280 g/mol. The summed E-state index contributed by atoms with van der Waals surface area (Å²) in [5, 5.41) is 4.88. The van der Waals surface area contributed by atoms with Crippen LogP contribution in [0, 0.1) is 0 Å². The lowest BCUT2D eigenvalue weighted by atomic mass is 10.4. The van der Waals surface area contributed by atoms with Crippen molar-refractivity contribution in [2.24, 2.45) is 0 Å². The summed E-state index contributed by atoms with van der Waals surface area (Å²) in [5.74, 6) is -0.0635. The number of carbonyl (C=O) groups excluding carboxylic acids is 2. The summed E-state index contributed by atoms with van der Waals surface area (Å²) in [4.78, 5) is 26.8. The highest BCUT2D eigenvalue weighted by Crippen LogP contribution is 2.23. The van der Waals surface area contributed by atoms with Gasteiger partial charge in [-0.25, -0.2) is 4.98 Å². The molecule has 0 aliphatic carbocycles. The van der Waals surface area contributed by atoms with Gasteiger partial charge in [-0.1, -0.05) is 0 Å². The van der Waals surface area contributed by atoms with Crippen LogP contribution in [0.5, 0.6) is 0 Å². The molecule has 1 amide bonds. The summed E-state index contributed by atoms with van der Waals surface area (Å²) in [7, 11) is 1.31. The number of methoxy groups -OCH3 is 1. The number of esters is 1. The Kier molecular flexibility index (Phi) is 4.30. The van der Waals surface area contributed by atoms with Crippen LogP contribution in [0.25, 0.3) is 10.8 Å². The lowest BCUT2D eigenvalue weighted by Crippen LogP contribution is -2.26. The van der Waals surface area contributed by atoms with Gasteiger partial charge < -0.3 is 14.5 Å². The molecule has 0 spiro atoms. The van der Waals surface area contributed by atoms with Gasteiger partial charge in [0, 0.05) is 11.9 Å². The van der Waals surface area contributed by atoms with Crippen molar-refractivity contribution in [3.05, 3.63) is 29.5 Å². The van der Waals surface area contributed by atoms with Crippen LogP contribution in [-0.4, -0.2) is 30.5 Å². The molecule has 19 heavy (non-hydrogen) atoms. The van der Waals surface area contributed by atoms with E-state index >= 15 is 0 Å². The van der Waals surface area contributed by atoms with Crippen molar-refractivity contribution in [2.45, 2.75) is 6.42 Å². The van der Waals surface area contributed by atoms with Gasteiger partial charge in [0.15, 0.2) is 10.8 Å². The van der Waals surface area contributed by atoms with Crippen LogP contribution in [0.15, 0.2) is 28.2 Å². The Labute approximate surface area is 113 Å². The van der Waals surface area contributed by atoms with Gasteiger partial charge in [-0.15, -0.1) is 11.3 Å². The molecule has 0 bridgehead atoms. The average Bonchev–Trinajstić information content (AvgIpc) is 3.08. The normalized spacial score (nSPS) is 10.2. The zero-order valence-electron chi connectivity index (χ0n) is 10.2. The second-order valence-electron chi connectivity index (χ2n) is 3.60. The largest absolute Gasteiger partial charge is 0.469 e. The Morgan fingerprint density at radius 1 is 1.53 bits per heavy atom. The van der Waals surface area contributed by atoms with E-state index in [0.29, 0.717) is 16.5 Å². The minimum atomic E-state index is -0.366. The molecule has 6 nitrogen and oxygen atoms in total. The number of rotatable bonds is 5. The van der Waals surface area contributed by atoms with Crippen molar-refractivity contribution in [2.75, 3.05) is 13.7 Å². The van der Waals surface area contributed by atoms with Crippen LogP contribution in [0.2, 0.25) is 0 Å². The molecule has 0 aliphatic rings. The Balaban J connectivity index is 1.91. The first-order valence-electron chi connectivity index (χ1n) is 5.55. The molecule has 0 unspecified atom stereocenters. The maximum atomic E-state index is 11.7. The molecule has 0 radical (unpaired) electrons. The first-order valence-corrected chi connectivity index (χ1v) is 6.43. The molecule has 2 heterocycles. The van der Waals surface area contributed by atoms with Gasteiger partial charge in [0.25, 0.3) is 5.91 Å². The molecule has 0 saturated heterocycles. The molecule has 7 heteroatoms. The number of amides is 1. The average molecular weight is 280 g/mol. The zero-order valence-corrected chi connectivity index (χ0v) is 11.0. The SMILES string of the molecule is COC(=O)CCNC(=O)c1csc(-c2ccco2)n1. The molecule has 1 N–H and O–H groups in total. The standard InChI is InChI=1S/C12H12N2O4S/c1-17-10(15)4-5-13-11(16)8-7-19-12(14-8)9-3-2-6-18-9/h2-3,6-7H,4-5H2,1H3,(H,13,16). The third-order valence-electron chi connectivity index (χ3n) is 2.31. The van der Waals surface area contributed by atoms with Crippen molar-refractivity contribution in [3.8, 4) is 10.8 Å². The second kappa shape index (κ2) is 6.14. The van der Waals surface area contributed by atoms with Crippen molar-refractivity contribution in [1.82, 2.24) is 10.3 Å². The first-order chi connectivity index (χ1) is 9.20. The fourth-order valence-electron chi connectivity index (χ4n) is 1.36. The first kappa shape index (κ1) is 13.3. The maximum Gasteiger partial charge on any atom is 0.307 e. The van der Waals surface area contributed by atoms with E-state index in [2.05, 4.69) is 15.0 Å². The van der Waals surface area contributed by atoms with Crippen molar-refractivity contribution >= 4 is 23.2 Å². The summed E-state index contributed by atoms with van der Waals surface area (Å²) in [6.45, 7) is 0.221. The number of thiazole rings is 1. The van der Waals surface area contributed by atoms with Crippen LogP contribution < -0.4 is 5.32 Å². The second-order valence-corrected chi connectivity index (χ2v) is 4.46. The number of ether oxygens (including phenoxy) is 1. The number of hydrogen-bond donors (Lipinski definition) is 1. The zero-order chi connectivity index (χ0) is 13.7. The van der Waals surface area contributed by atoms with Crippen LogP contribution in [0.1, 0.15) is 16.9 Å². The predicted octanol–water partition coefficient (Wildman–Crippen LogP) is 1.70. The maximum absolute atomic E-state index is 11.7. The topological polar surface area (TPSA) is 81.4 Å². The summed E-state index contributed by atoms with van der Waals surface area (Å²) >= 11 is 1.32. The molecule has 2 aromatic heterocycles. The number of hydrogen-bond acceptors (Lipinski definition) is 6. The van der Waals surface area contributed by atoms with Crippen LogP contribution >= 0.6 is 11.3 Å². The molecule has 0 atom stereocenters. The molecule has 100 valence electrons. The highest BCUT2D eigenvalue weighted by molar-refractivity contribution is 7.13. The lowest BCUT2D eigenvalue weighted by Gasteiger charge is -2.01. The molecule has 0 fully saturated rings. The molecular weight excluding hydrogens is 268 g/mol. The van der Waals surface area contributed by atoms with Gasteiger partial charge in [-0.3, -0.25) is 9.59 Å². The van der Waals surface area contributed by atoms with Gasteiger partial charge in [-0.05, 0) is 12.1 Å². The van der Waals surface area contributed by atoms with E-state index in [-0.39, 0.29) is 24.8 Å². The van der Waals surface area contributed by atoms with Gasteiger partial charge in [0.2, 0.25) is 0 Å². The van der Waals surface area contributed by atoms with Crippen molar-refractivity contribution in [1.29, 1.82) is 0 Å². The fraction of sp³-hybridized carbons (Fsp3) is 0.250. The lowest BCUT2D eigenvalue weighted by molar-refractivity contribution is -0.140. The number of aromatic nitrogens is 1. The summed E-state index contributed by atoms with van der Waals surface area (Å²) in [6.07, 6.45) is 1.68. The van der Waals surface area contributed by atoms with Gasteiger partial charge in [-0.2, -0.15) is 0 Å². The molecule has 0 aromatic carbocycles. The van der Waals surface area contributed by atoms with E-state index in [1.54, 1.807) is 23.8 Å². The van der Waals surface area contributed by atoms with E-state index in [1.165, 1.54) is 18.4 Å². The molecular formula is C12H12N2O4S. The van der Waals surface area contributed by atoms with E-state index < -0.39 is 0 Å².